The van der Waals surface area contributed by atoms with Gasteiger partial charge >= 0.3 is 5.97 Å². The van der Waals surface area contributed by atoms with Crippen molar-refractivity contribution >= 4 is 29.4 Å². The number of likely N-dealkylation sites (tertiary alicyclic amines) is 1. The van der Waals surface area contributed by atoms with Crippen molar-refractivity contribution in [2.24, 2.45) is 0 Å². The Morgan fingerprint density at radius 2 is 1.96 bits per heavy atom. The largest absolute Gasteiger partial charge is 0.467 e. The molecule has 0 saturated carbocycles. The van der Waals surface area contributed by atoms with Gasteiger partial charge in [-0.05, 0) is 37.0 Å². The molecular formula is C18H23ClN2O4. The number of esters is 1. The maximum absolute atomic E-state index is 12.8. The van der Waals surface area contributed by atoms with Crippen molar-refractivity contribution in [1.29, 1.82) is 0 Å². The Bertz CT molecular complexity index is 632. The molecule has 1 aromatic rings. The van der Waals surface area contributed by atoms with Gasteiger partial charge in [0.25, 0.3) is 0 Å². The first-order chi connectivity index (χ1) is 11.9. The molecule has 1 saturated heterocycles. The average Bonchev–Trinajstić information content (AvgIpc) is 2.60. The number of rotatable bonds is 5. The minimum absolute atomic E-state index is 0.0781. The molecule has 25 heavy (non-hydrogen) atoms. The second-order valence-electron chi connectivity index (χ2n) is 6.13. The van der Waals surface area contributed by atoms with Crippen LogP contribution >= 0.6 is 11.6 Å². The van der Waals surface area contributed by atoms with Crippen LogP contribution in [0.3, 0.4) is 0 Å². The highest BCUT2D eigenvalue weighted by atomic mass is 35.5. The number of hydrogen-bond donors (Lipinski definition) is 1. The van der Waals surface area contributed by atoms with Gasteiger partial charge in [-0.2, -0.15) is 0 Å². The lowest BCUT2D eigenvalue weighted by Crippen LogP contribution is -2.49. The minimum Gasteiger partial charge on any atom is -0.467 e. The van der Waals surface area contributed by atoms with E-state index in [2.05, 4.69) is 5.32 Å². The lowest BCUT2D eigenvalue weighted by atomic mass is 9.98. The van der Waals surface area contributed by atoms with E-state index in [1.165, 1.54) is 14.0 Å². The standard InChI is InChI=1S/C18H23ClN2O4/c1-12(22)20-15(13-6-8-14(19)9-7-13)11-17(23)21-10-4-3-5-16(21)18(24)25-2/h6-9,15-16H,3-5,10-11H2,1-2H3,(H,20,22). The predicted molar refractivity (Wildman–Crippen MR) is 94.0 cm³/mol. The molecule has 1 fully saturated rings. The molecule has 0 aliphatic carbocycles. The fourth-order valence-corrected chi connectivity index (χ4v) is 3.22. The number of amides is 2. The Morgan fingerprint density at radius 1 is 1.28 bits per heavy atom. The van der Waals surface area contributed by atoms with Crippen LogP contribution in [0.4, 0.5) is 0 Å². The normalized spacial score (nSPS) is 18.4. The summed E-state index contributed by atoms with van der Waals surface area (Å²) in [5, 5.41) is 3.38. The van der Waals surface area contributed by atoms with Gasteiger partial charge in [-0.1, -0.05) is 23.7 Å². The fraction of sp³-hybridized carbons (Fsp3) is 0.500. The number of nitrogens with zero attached hydrogens (tertiary/aromatic N) is 1. The molecule has 0 aromatic heterocycles. The highest BCUT2D eigenvalue weighted by Gasteiger charge is 2.33. The predicted octanol–water partition coefficient (Wildman–Crippen LogP) is 2.46. The number of methoxy groups -OCH3 is 1. The number of hydrogen-bond acceptors (Lipinski definition) is 4. The molecule has 2 amide bonds. The Kier molecular flexibility index (Phi) is 6.82. The van der Waals surface area contributed by atoms with E-state index in [0.717, 1.165) is 18.4 Å². The summed E-state index contributed by atoms with van der Waals surface area (Å²) >= 11 is 5.91. The molecule has 1 N–H and O–H groups in total. The van der Waals surface area contributed by atoms with Gasteiger partial charge in [0.15, 0.2) is 0 Å². The van der Waals surface area contributed by atoms with Gasteiger partial charge in [-0.15, -0.1) is 0 Å². The third-order valence-corrected chi connectivity index (χ3v) is 4.58. The maximum Gasteiger partial charge on any atom is 0.328 e. The van der Waals surface area contributed by atoms with E-state index >= 15 is 0 Å². The van der Waals surface area contributed by atoms with Crippen LogP contribution in [-0.4, -0.2) is 42.4 Å². The highest BCUT2D eigenvalue weighted by molar-refractivity contribution is 6.30. The van der Waals surface area contributed by atoms with Gasteiger partial charge < -0.3 is 15.0 Å². The number of halogens is 1. The van der Waals surface area contributed by atoms with Gasteiger partial charge in [0.2, 0.25) is 11.8 Å². The smallest absolute Gasteiger partial charge is 0.328 e. The van der Waals surface area contributed by atoms with Crippen LogP contribution in [0.2, 0.25) is 5.02 Å². The molecule has 2 atom stereocenters. The topological polar surface area (TPSA) is 75.7 Å². The number of carbonyl (C=O) groups is 3. The summed E-state index contributed by atoms with van der Waals surface area (Å²) in [4.78, 5) is 37.9. The van der Waals surface area contributed by atoms with E-state index < -0.39 is 18.1 Å². The lowest BCUT2D eigenvalue weighted by molar-refractivity contribution is -0.155. The zero-order valence-corrected chi connectivity index (χ0v) is 15.2. The summed E-state index contributed by atoms with van der Waals surface area (Å²) in [6.07, 6.45) is 2.42. The molecule has 7 heteroatoms. The van der Waals surface area contributed by atoms with Crippen molar-refractivity contribution in [1.82, 2.24) is 10.2 Å². The Labute approximate surface area is 152 Å². The summed E-state index contributed by atoms with van der Waals surface area (Å²) in [5.41, 5.74) is 0.791. The van der Waals surface area contributed by atoms with Crippen molar-refractivity contribution in [2.75, 3.05) is 13.7 Å². The molecule has 2 unspecified atom stereocenters. The van der Waals surface area contributed by atoms with Crippen LogP contribution in [0, 0.1) is 0 Å². The quantitative estimate of drug-likeness (QED) is 0.812. The van der Waals surface area contributed by atoms with Gasteiger partial charge in [0, 0.05) is 18.5 Å². The van der Waals surface area contributed by atoms with E-state index in [0.29, 0.717) is 18.0 Å². The summed E-state index contributed by atoms with van der Waals surface area (Å²) in [6.45, 7) is 1.93. The third-order valence-electron chi connectivity index (χ3n) is 4.33. The van der Waals surface area contributed by atoms with Crippen molar-refractivity contribution < 1.29 is 19.1 Å². The SMILES string of the molecule is COC(=O)C1CCCCN1C(=O)CC(NC(C)=O)c1ccc(Cl)cc1. The lowest BCUT2D eigenvalue weighted by Gasteiger charge is -2.34. The highest BCUT2D eigenvalue weighted by Crippen LogP contribution is 2.24. The Morgan fingerprint density at radius 3 is 2.56 bits per heavy atom. The third kappa shape index (κ3) is 5.19. The Hall–Kier alpha value is -2.08. The molecule has 1 aromatic carbocycles. The minimum atomic E-state index is -0.547. The first-order valence-corrected chi connectivity index (χ1v) is 8.70. The molecule has 0 bridgehead atoms. The second kappa shape index (κ2) is 8.85. The molecule has 0 spiro atoms. The van der Waals surface area contributed by atoms with Crippen molar-refractivity contribution in [2.45, 2.75) is 44.7 Å². The van der Waals surface area contributed by atoms with E-state index in [-0.39, 0.29) is 18.2 Å². The summed E-state index contributed by atoms with van der Waals surface area (Å²) in [6, 6.07) is 5.98. The number of benzene rings is 1. The summed E-state index contributed by atoms with van der Waals surface area (Å²) in [7, 11) is 1.33. The molecular weight excluding hydrogens is 344 g/mol. The number of piperidine rings is 1. The molecule has 1 aliphatic rings. The summed E-state index contributed by atoms with van der Waals surface area (Å²) < 4.78 is 4.82. The van der Waals surface area contributed by atoms with Crippen molar-refractivity contribution in [3.8, 4) is 0 Å². The molecule has 1 aliphatic heterocycles. The number of carbonyl (C=O) groups excluding carboxylic acids is 3. The average molecular weight is 367 g/mol. The fourth-order valence-electron chi connectivity index (χ4n) is 3.10. The van der Waals surface area contributed by atoms with E-state index in [1.807, 2.05) is 0 Å². The zero-order valence-electron chi connectivity index (χ0n) is 14.5. The van der Waals surface area contributed by atoms with E-state index in [4.69, 9.17) is 16.3 Å². The molecule has 136 valence electrons. The van der Waals surface area contributed by atoms with Gasteiger partial charge in [-0.3, -0.25) is 9.59 Å². The monoisotopic (exact) mass is 366 g/mol. The molecule has 0 radical (unpaired) electrons. The first kappa shape index (κ1) is 19.2. The van der Waals surface area contributed by atoms with Gasteiger partial charge in [0.05, 0.1) is 19.6 Å². The molecule has 2 rings (SSSR count). The maximum atomic E-state index is 12.8. The number of nitrogens with one attached hydrogen (secondary N) is 1. The Balaban J connectivity index is 2.16. The van der Waals surface area contributed by atoms with Crippen molar-refractivity contribution in [3.05, 3.63) is 34.9 Å². The van der Waals surface area contributed by atoms with E-state index in [9.17, 15) is 14.4 Å². The van der Waals surface area contributed by atoms with Crippen LogP contribution in [0.15, 0.2) is 24.3 Å². The van der Waals surface area contributed by atoms with E-state index in [1.54, 1.807) is 29.2 Å². The van der Waals surface area contributed by atoms with Crippen LogP contribution in [0.5, 0.6) is 0 Å². The van der Waals surface area contributed by atoms with Crippen molar-refractivity contribution in [3.63, 3.8) is 0 Å². The van der Waals surface area contributed by atoms with Gasteiger partial charge in [-0.25, -0.2) is 4.79 Å². The molecule has 1 heterocycles. The van der Waals surface area contributed by atoms with Crippen LogP contribution in [0.25, 0.3) is 0 Å². The van der Waals surface area contributed by atoms with Gasteiger partial charge in [0.1, 0.15) is 6.04 Å². The van der Waals surface area contributed by atoms with Crippen LogP contribution in [0.1, 0.15) is 44.2 Å². The van der Waals surface area contributed by atoms with Crippen LogP contribution in [-0.2, 0) is 19.1 Å². The van der Waals surface area contributed by atoms with Crippen LogP contribution < -0.4 is 5.32 Å². The number of ether oxygens (including phenoxy) is 1. The second-order valence-corrected chi connectivity index (χ2v) is 6.57. The zero-order chi connectivity index (χ0) is 18.4. The first-order valence-electron chi connectivity index (χ1n) is 8.32. The summed E-state index contributed by atoms with van der Waals surface area (Å²) in [5.74, 6) is -0.796. The molecule has 6 nitrogen and oxygen atoms in total.